The van der Waals surface area contributed by atoms with Crippen LogP contribution in [0.25, 0.3) is 11.1 Å². The van der Waals surface area contributed by atoms with Gasteiger partial charge >= 0.3 is 0 Å². The van der Waals surface area contributed by atoms with Crippen LogP contribution in [0.1, 0.15) is 12.5 Å². The molecule has 0 saturated carbocycles. The van der Waals surface area contributed by atoms with E-state index in [4.69, 9.17) is 4.42 Å². The van der Waals surface area contributed by atoms with Gasteiger partial charge in [0.25, 0.3) is 6.01 Å². The van der Waals surface area contributed by atoms with Crippen LogP contribution in [-0.2, 0) is 6.42 Å². The van der Waals surface area contributed by atoms with Crippen LogP contribution in [0, 0.1) is 0 Å². The standard InChI is InChI=1S/C14H14N2OS/c1-10(8-11-6-7-18-9-11)15-14-16-12-4-2-3-5-13(12)17-14/h2-7,9-10H,8H2,1H3,(H,15,16). The van der Waals surface area contributed by atoms with Crippen molar-refractivity contribution >= 4 is 28.5 Å². The van der Waals surface area contributed by atoms with Crippen LogP contribution < -0.4 is 5.32 Å². The molecule has 4 heteroatoms. The number of nitrogens with one attached hydrogen (secondary N) is 1. The number of hydrogen-bond acceptors (Lipinski definition) is 4. The number of benzene rings is 1. The molecule has 1 atom stereocenters. The van der Waals surface area contributed by atoms with Crippen LogP contribution in [0.15, 0.2) is 45.5 Å². The topological polar surface area (TPSA) is 38.1 Å². The quantitative estimate of drug-likeness (QED) is 0.770. The lowest BCUT2D eigenvalue weighted by atomic mass is 10.1. The summed E-state index contributed by atoms with van der Waals surface area (Å²) in [6.07, 6.45) is 0.974. The lowest BCUT2D eigenvalue weighted by molar-refractivity contribution is 0.599. The lowest BCUT2D eigenvalue weighted by Crippen LogP contribution is -2.17. The summed E-state index contributed by atoms with van der Waals surface area (Å²) >= 11 is 1.72. The van der Waals surface area contributed by atoms with Crippen molar-refractivity contribution < 1.29 is 4.42 Å². The first kappa shape index (κ1) is 11.3. The highest BCUT2D eigenvalue weighted by atomic mass is 32.1. The summed E-state index contributed by atoms with van der Waals surface area (Å²) in [5.74, 6) is 0. The summed E-state index contributed by atoms with van der Waals surface area (Å²) in [5.41, 5.74) is 3.06. The van der Waals surface area contributed by atoms with Crippen LogP contribution in [-0.4, -0.2) is 11.0 Å². The second-order valence-corrected chi connectivity index (χ2v) is 5.15. The number of anilines is 1. The SMILES string of the molecule is CC(Cc1ccsc1)Nc1nc2ccccc2o1. The summed E-state index contributed by atoms with van der Waals surface area (Å²) in [4.78, 5) is 4.41. The van der Waals surface area contributed by atoms with Crippen LogP contribution in [0.3, 0.4) is 0 Å². The number of para-hydroxylation sites is 2. The van der Waals surface area contributed by atoms with Crippen LogP contribution in [0.4, 0.5) is 6.01 Å². The highest BCUT2D eigenvalue weighted by Gasteiger charge is 2.09. The molecule has 1 N–H and O–H groups in total. The number of aromatic nitrogens is 1. The highest BCUT2D eigenvalue weighted by molar-refractivity contribution is 7.07. The van der Waals surface area contributed by atoms with Crippen molar-refractivity contribution in [1.82, 2.24) is 4.98 Å². The van der Waals surface area contributed by atoms with E-state index in [0.29, 0.717) is 12.1 Å². The van der Waals surface area contributed by atoms with E-state index in [2.05, 4.69) is 34.1 Å². The van der Waals surface area contributed by atoms with Gasteiger partial charge in [0.15, 0.2) is 5.58 Å². The van der Waals surface area contributed by atoms with E-state index in [9.17, 15) is 0 Å². The van der Waals surface area contributed by atoms with Gasteiger partial charge in [-0.05, 0) is 47.9 Å². The predicted octanol–water partition coefficient (Wildman–Crippen LogP) is 3.93. The normalized spacial score (nSPS) is 12.7. The van der Waals surface area contributed by atoms with E-state index >= 15 is 0 Å². The number of hydrogen-bond donors (Lipinski definition) is 1. The summed E-state index contributed by atoms with van der Waals surface area (Å²) in [5, 5.41) is 7.57. The van der Waals surface area contributed by atoms with Crippen molar-refractivity contribution in [3.05, 3.63) is 46.7 Å². The van der Waals surface area contributed by atoms with Crippen molar-refractivity contribution in [2.75, 3.05) is 5.32 Å². The molecule has 0 spiro atoms. The molecule has 0 aliphatic carbocycles. The third-order valence-electron chi connectivity index (χ3n) is 2.79. The zero-order valence-corrected chi connectivity index (χ0v) is 10.9. The van der Waals surface area contributed by atoms with Gasteiger partial charge in [0.05, 0.1) is 0 Å². The zero-order valence-electron chi connectivity index (χ0n) is 10.1. The largest absolute Gasteiger partial charge is 0.424 e. The van der Waals surface area contributed by atoms with Crippen molar-refractivity contribution in [3.8, 4) is 0 Å². The number of rotatable bonds is 4. The maximum absolute atomic E-state index is 5.64. The molecule has 18 heavy (non-hydrogen) atoms. The van der Waals surface area contributed by atoms with Gasteiger partial charge in [-0.25, -0.2) is 0 Å². The molecule has 3 aromatic rings. The fourth-order valence-corrected chi connectivity index (χ4v) is 2.64. The molecule has 0 amide bonds. The summed E-state index contributed by atoms with van der Waals surface area (Å²) < 4.78 is 5.64. The van der Waals surface area contributed by atoms with Crippen molar-refractivity contribution in [2.24, 2.45) is 0 Å². The third kappa shape index (κ3) is 2.38. The van der Waals surface area contributed by atoms with Gasteiger partial charge in [-0.15, -0.1) is 0 Å². The van der Waals surface area contributed by atoms with Crippen LogP contribution in [0.5, 0.6) is 0 Å². The maximum atomic E-state index is 5.64. The molecular formula is C14H14N2OS. The Morgan fingerprint density at radius 2 is 2.22 bits per heavy atom. The van der Waals surface area contributed by atoms with Crippen molar-refractivity contribution in [3.63, 3.8) is 0 Å². The molecule has 92 valence electrons. The Morgan fingerprint density at radius 3 is 3.00 bits per heavy atom. The Hall–Kier alpha value is -1.81. The van der Waals surface area contributed by atoms with Crippen molar-refractivity contribution in [2.45, 2.75) is 19.4 Å². The van der Waals surface area contributed by atoms with Gasteiger partial charge in [-0.2, -0.15) is 16.3 Å². The third-order valence-corrected chi connectivity index (χ3v) is 3.52. The molecule has 3 nitrogen and oxygen atoms in total. The summed E-state index contributed by atoms with van der Waals surface area (Å²) in [6.45, 7) is 2.13. The van der Waals surface area contributed by atoms with E-state index in [-0.39, 0.29) is 0 Å². The van der Waals surface area contributed by atoms with Crippen LogP contribution in [0.2, 0.25) is 0 Å². The number of oxazole rings is 1. The van der Waals surface area contributed by atoms with Crippen LogP contribution >= 0.6 is 11.3 Å². The molecule has 1 unspecified atom stereocenters. The minimum atomic E-state index is 0.299. The summed E-state index contributed by atoms with van der Waals surface area (Å²) in [7, 11) is 0. The van der Waals surface area contributed by atoms with E-state index in [1.807, 2.05) is 24.3 Å². The van der Waals surface area contributed by atoms with Gasteiger partial charge in [0, 0.05) is 6.04 Å². The Balaban J connectivity index is 1.71. The number of thiophene rings is 1. The highest BCUT2D eigenvalue weighted by Crippen LogP contribution is 2.19. The number of fused-ring (bicyclic) bond motifs is 1. The molecule has 2 heterocycles. The Bertz CT molecular complexity index is 597. The molecule has 0 radical (unpaired) electrons. The van der Waals surface area contributed by atoms with E-state index in [1.165, 1.54) is 5.56 Å². The molecule has 0 fully saturated rings. The molecule has 1 aromatic carbocycles. The number of nitrogens with zero attached hydrogens (tertiary/aromatic N) is 1. The monoisotopic (exact) mass is 258 g/mol. The van der Waals surface area contributed by atoms with E-state index in [0.717, 1.165) is 17.5 Å². The molecular weight excluding hydrogens is 244 g/mol. The molecule has 3 rings (SSSR count). The average Bonchev–Trinajstić information content (AvgIpc) is 2.96. The molecule has 0 aliphatic rings. The predicted molar refractivity (Wildman–Crippen MR) is 75.1 cm³/mol. The molecule has 0 saturated heterocycles. The van der Waals surface area contributed by atoms with Gasteiger partial charge in [0.2, 0.25) is 0 Å². The van der Waals surface area contributed by atoms with Gasteiger partial charge in [-0.3, -0.25) is 0 Å². The minimum absolute atomic E-state index is 0.299. The molecule has 2 aromatic heterocycles. The fraction of sp³-hybridized carbons (Fsp3) is 0.214. The maximum Gasteiger partial charge on any atom is 0.295 e. The molecule has 0 aliphatic heterocycles. The first-order chi connectivity index (χ1) is 8.81. The Labute approximate surface area is 109 Å². The lowest BCUT2D eigenvalue weighted by Gasteiger charge is -2.10. The fourth-order valence-electron chi connectivity index (χ4n) is 1.96. The van der Waals surface area contributed by atoms with Gasteiger partial charge < -0.3 is 9.73 Å². The van der Waals surface area contributed by atoms with Gasteiger partial charge in [-0.1, -0.05) is 12.1 Å². The minimum Gasteiger partial charge on any atom is -0.424 e. The van der Waals surface area contributed by atoms with Crippen molar-refractivity contribution in [1.29, 1.82) is 0 Å². The Kier molecular flexibility index (Phi) is 3.02. The zero-order chi connectivity index (χ0) is 12.4. The van der Waals surface area contributed by atoms with E-state index in [1.54, 1.807) is 11.3 Å². The van der Waals surface area contributed by atoms with Gasteiger partial charge in [0.1, 0.15) is 5.52 Å². The first-order valence-electron chi connectivity index (χ1n) is 5.94. The average molecular weight is 258 g/mol. The van der Waals surface area contributed by atoms with E-state index < -0.39 is 0 Å². The summed E-state index contributed by atoms with van der Waals surface area (Å²) in [6, 6.07) is 10.8. The first-order valence-corrected chi connectivity index (χ1v) is 6.89. The molecule has 0 bridgehead atoms. The second kappa shape index (κ2) is 4.82. The smallest absolute Gasteiger partial charge is 0.295 e. The second-order valence-electron chi connectivity index (χ2n) is 4.37. The Morgan fingerprint density at radius 1 is 1.33 bits per heavy atom.